The summed E-state index contributed by atoms with van der Waals surface area (Å²) in [5.41, 5.74) is 3.38. The molecule has 1 atom stereocenters. The van der Waals surface area contributed by atoms with E-state index in [0.29, 0.717) is 23.0 Å². The number of halogens is 2. The van der Waals surface area contributed by atoms with Crippen LogP contribution < -0.4 is 0 Å². The van der Waals surface area contributed by atoms with E-state index in [1.54, 1.807) is 12.1 Å². The summed E-state index contributed by atoms with van der Waals surface area (Å²) in [5.74, 6) is 0.184. The number of para-hydroxylation sites is 2. The average molecular weight is 367 g/mol. The van der Waals surface area contributed by atoms with Crippen LogP contribution in [0.4, 0.5) is 4.39 Å². The van der Waals surface area contributed by atoms with Crippen LogP contribution in [0.2, 0.25) is 5.02 Å². The molecule has 130 valence electrons. The van der Waals surface area contributed by atoms with Crippen molar-refractivity contribution in [2.24, 2.45) is 0 Å². The highest BCUT2D eigenvalue weighted by atomic mass is 35.5. The highest BCUT2D eigenvalue weighted by Gasteiger charge is 2.20. The van der Waals surface area contributed by atoms with E-state index >= 15 is 0 Å². The quantitative estimate of drug-likeness (QED) is 0.554. The van der Waals surface area contributed by atoms with Crippen LogP contribution in [0, 0.1) is 5.82 Å². The number of hydrogen-bond donors (Lipinski definition) is 1. The Morgan fingerprint density at radius 3 is 2.38 bits per heavy atom. The molecule has 0 fully saturated rings. The smallest absolute Gasteiger partial charge is 0.143 e. The van der Waals surface area contributed by atoms with Gasteiger partial charge in [-0.25, -0.2) is 9.37 Å². The summed E-state index contributed by atoms with van der Waals surface area (Å²) in [6.45, 7) is 0.547. The third-order valence-corrected chi connectivity index (χ3v) is 4.62. The summed E-state index contributed by atoms with van der Waals surface area (Å²) in [6, 6.07) is 21.1. The molecule has 5 heteroatoms. The van der Waals surface area contributed by atoms with Crippen molar-refractivity contribution in [3.05, 3.63) is 101 Å². The zero-order valence-corrected chi connectivity index (χ0v) is 14.6. The van der Waals surface area contributed by atoms with Gasteiger partial charge in [0, 0.05) is 11.6 Å². The Kier molecular flexibility index (Phi) is 4.45. The predicted molar refractivity (Wildman–Crippen MR) is 101 cm³/mol. The third kappa shape index (κ3) is 3.21. The van der Waals surface area contributed by atoms with Gasteiger partial charge in [0.15, 0.2) is 0 Å². The van der Waals surface area contributed by atoms with Gasteiger partial charge in [0.1, 0.15) is 17.7 Å². The Morgan fingerprint density at radius 1 is 0.962 bits per heavy atom. The van der Waals surface area contributed by atoms with Gasteiger partial charge in [-0.15, -0.1) is 0 Å². The van der Waals surface area contributed by atoms with Crippen molar-refractivity contribution in [1.29, 1.82) is 0 Å². The lowest BCUT2D eigenvalue weighted by atomic mass is 10.1. The summed E-state index contributed by atoms with van der Waals surface area (Å²) in [7, 11) is 0. The van der Waals surface area contributed by atoms with Gasteiger partial charge >= 0.3 is 0 Å². The molecule has 1 aromatic heterocycles. The summed E-state index contributed by atoms with van der Waals surface area (Å²) < 4.78 is 15.2. The molecule has 3 aromatic carbocycles. The summed E-state index contributed by atoms with van der Waals surface area (Å²) in [4.78, 5) is 4.62. The maximum Gasteiger partial charge on any atom is 0.143 e. The van der Waals surface area contributed by atoms with Crippen molar-refractivity contribution in [3.8, 4) is 0 Å². The minimum Gasteiger partial charge on any atom is -0.380 e. The fraction of sp³-hybridized carbons (Fsp3) is 0.0952. The van der Waals surface area contributed by atoms with Crippen molar-refractivity contribution in [1.82, 2.24) is 9.55 Å². The highest BCUT2D eigenvalue weighted by molar-refractivity contribution is 6.30. The number of aliphatic hydroxyl groups is 1. The second kappa shape index (κ2) is 6.90. The van der Waals surface area contributed by atoms with E-state index < -0.39 is 6.10 Å². The van der Waals surface area contributed by atoms with E-state index in [0.717, 1.165) is 16.6 Å². The highest BCUT2D eigenvalue weighted by Crippen LogP contribution is 2.27. The maximum atomic E-state index is 13.2. The van der Waals surface area contributed by atoms with E-state index in [-0.39, 0.29) is 5.82 Å². The van der Waals surface area contributed by atoms with Crippen LogP contribution in [0.1, 0.15) is 23.1 Å². The standard InChI is InChI=1S/C21H16ClFN2O/c22-16-9-5-14(6-10-16)13-25-19-4-2-1-3-18(19)24-21(25)20(26)15-7-11-17(23)12-8-15/h1-12,20,26H,13H2/t20-/m0/s1. The number of hydrogen-bond acceptors (Lipinski definition) is 2. The molecule has 1 N–H and O–H groups in total. The maximum absolute atomic E-state index is 13.2. The first-order valence-corrected chi connectivity index (χ1v) is 8.63. The van der Waals surface area contributed by atoms with Gasteiger partial charge in [-0.3, -0.25) is 0 Å². The largest absolute Gasteiger partial charge is 0.380 e. The van der Waals surface area contributed by atoms with Gasteiger partial charge in [0.05, 0.1) is 11.0 Å². The molecular weight excluding hydrogens is 351 g/mol. The Hall–Kier alpha value is -2.69. The fourth-order valence-electron chi connectivity index (χ4n) is 3.04. The molecule has 4 aromatic rings. The first-order chi connectivity index (χ1) is 12.6. The van der Waals surface area contributed by atoms with E-state index in [2.05, 4.69) is 4.98 Å². The van der Waals surface area contributed by atoms with Crippen molar-refractivity contribution in [2.45, 2.75) is 12.6 Å². The normalized spacial score (nSPS) is 12.4. The molecule has 0 unspecified atom stereocenters. The van der Waals surface area contributed by atoms with Crippen molar-refractivity contribution in [2.75, 3.05) is 0 Å². The first kappa shape index (κ1) is 16.8. The van der Waals surface area contributed by atoms with Crippen LogP contribution in [-0.2, 0) is 6.54 Å². The van der Waals surface area contributed by atoms with Gasteiger partial charge in [-0.2, -0.15) is 0 Å². The van der Waals surface area contributed by atoms with Crippen LogP contribution in [0.25, 0.3) is 11.0 Å². The Balaban J connectivity index is 1.80. The van der Waals surface area contributed by atoms with Crippen molar-refractivity contribution < 1.29 is 9.50 Å². The van der Waals surface area contributed by atoms with Crippen LogP contribution >= 0.6 is 11.6 Å². The Bertz CT molecular complexity index is 1040. The number of aromatic nitrogens is 2. The summed E-state index contributed by atoms with van der Waals surface area (Å²) in [6.07, 6.45) is -0.949. The molecule has 0 aliphatic rings. The van der Waals surface area contributed by atoms with Gasteiger partial charge < -0.3 is 9.67 Å². The number of benzene rings is 3. The zero-order valence-electron chi connectivity index (χ0n) is 13.8. The molecule has 0 spiro atoms. The van der Waals surface area contributed by atoms with Crippen molar-refractivity contribution >= 4 is 22.6 Å². The molecule has 0 bridgehead atoms. The number of aliphatic hydroxyl groups excluding tert-OH is 1. The monoisotopic (exact) mass is 366 g/mol. The number of nitrogens with zero attached hydrogens (tertiary/aromatic N) is 2. The minimum atomic E-state index is -0.949. The lowest BCUT2D eigenvalue weighted by molar-refractivity contribution is 0.206. The van der Waals surface area contributed by atoms with Crippen LogP contribution in [0.15, 0.2) is 72.8 Å². The van der Waals surface area contributed by atoms with E-state index in [1.165, 1.54) is 12.1 Å². The third-order valence-electron chi connectivity index (χ3n) is 4.37. The van der Waals surface area contributed by atoms with Gasteiger partial charge in [-0.1, -0.05) is 48.0 Å². The SMILES string of the molecule is O[C@@H](c1ccc(F)cc1)c1nc2ccccc2n1Cc1ccc(Cl)cc1. The molecule has 0 aliphatic carbocycles. The zero-order chi connectivity index (χ0) is 18.1. The molecule has 3 nitrogen and oxygen atoms in total. The second-order valence-corrected chi connectivity index (χ2v) is 6.56. The molecule has 0 radical (unpaired) electrons. The predicted octanol–water partition coefficient (Wildman–Crippen LogP) is 4.96. The Morgan fingerprint density at radius 2 is 1.65 bits per heavy atom. The molecule has 1 heterocycles. The van der Waals surface area contributed by atoms with Gasteiger partial charge in [-0.05, 0) is 47.5 Å². The second-order valence-electron chi connectivity index (χ2n) is 6.13. The lowest BCUT2D eigenvalue weighted by Crippen LogP contribution is -2.11. The number of imidazole rings is 1. The molecule has 0 saturated heterocycles. The van der Waals surface area contributed by atoms with E-state index in [4.69, 9.17) is 11.6 Å². The molecular formula is C21H16ClFN2O. The summed E-state index contributed by atoms with van der Waals surface area (Å²) >= 11 is 5.97. The molecule has 0 saturated carbocycles. The number of rotatable bonds is 4. The molecule has 26 heavy (non-hydrogen) atoms. The molecule has 4 rings (SSSR count). The van der Waals surface area contributed by atoms with Crippen molar-refractivity contribution in [3.63, 3.8) is 0 Å². The van der Waals surface area contributed by atoms with E-state index in [1.807, 2.05) is 53.1 Å². The first-order valence-electron chi connectivity index (χ1n) is 8.25. The van der Waals surface area contributed by atoms with Gasteiger partial charge in [0.2, 0.25) is 0 Å². The summed E-state index contributed by atoms with van der Waals surface area (Å²) in [5, 5.41) is 11.5. The minimum absolute atomic E-state index is 0.337. The van der Waals surface area contributed by atoms with Gasteiger partial charge in [0.25, 0.3) is 0 Å². The topological polar surface area (TPSA) is 38.1 Å². The van der Waals surface area contributed by atoms with E-state index in [9.17, 15) is 9.50 Å². The Labute approximate surface area is 155 Å². The molecule has 0 aliphatic heterocycles. The fourth-order valence-corrected chi connectivity index (χ4v) is 3.16. The molecule has 0 amide bonds. The van der Waals surface area contributed by atoms with Crippen LogP contribution in [-0.4, -0.2) is 14.7 Å². The lowest BCUT2D eigenvalue weighted by Gasteiger charge is -2.15. The average Bonchev–Trinajstić information content (AvgIpc) is 3.02. The number of fused-ring (bicyclic) bond motifs is 1. The van der Waals surface area contributed by atoms with Crippen LogP contribution in [0.5, 0.6) is 0 Å². The van der Waals surface area contributed by atoms with Crippen LogP contribution in [0.3, 0.4) is 0 Å².